The highest BCUT2D eigenvalue weighted by atomic mass is 28.4. The average Bonchev–Trinajstić information content (AvgIpc) is 2.53. The summed E-state index contributed by atoms with van der Waals surface area (Å²) in [5.74, 6) is 6.74. The van der Waals surface area contributed by atoms with Gasteiger partial charge in [0.25, 0.3) is 0 Å². The van der Waals surface area contributed by atoms with Crippen molar-refractivity contribution in [3.8, 4) is 11.8 Å². The van der Waals surface area contributed by atoms with Crippen molar-refractivity contribution in [3.63, 3.8) is 0 Å². The molecule has 0 aromatic heterocycles. The lowest BCUT2D eigenvalue weighted by molar-refractivity contribution is 0.193. The molecule has 0 radical (unpaired) electrons. The summed E-state index contributed by atoms with van der Waals surface area (Å²) in [6.07, 6.45) is 12.9. The average molecular weight is 365 g/mol. The van der Waals surface area contributed by atoms with Crippen LogP contribution in [0.15, 0.2) is 24.3 Å². The molecule has 0 rings (SSSR count). The molecule has 0 amide bonds. The van der Waals surface area contributed by atoms with Crippen LogP contribution in [0, 0.1) is 17.8 Å². The van der Waals surface area contributed by atoms with Crippen LogP contribution in [-0.2, 0) is 9.16 Å². The minimum atomic E-state index is -1.62. The van der Waals surface area contributed by atoms with Crippen LogP contribution in [0.3, 0.4) is 0 Å². The van der Waals surface area contributed by atoms with Crippen LogP contribution in [0.1, 0.15) is 60.3 Å². The molecule has 0 unspecified atom stereocenters. The molecule has 0 saturated heterocycles. The number of hydrogen-bond acceptors (Lipinski definition) is 2. The zero-order valence-electron chi connectivity index (χ0n) is 17.7. The Hall–Kier alpha value is -0.823. The molecule has 0 aliphatic rings. The predicted molar refractivity (Wildman–Crippen MR) is 113 cm³/mol. The Morgan fingerprint density at radius 1 is 1.08 bits per heavy atom. The van der Waals surface area contributed by atoms with Crippen LogP contribution in [0.4, 0.5) is 0 Å². The molecular weight excluding hydrogens is 324 g/mol. The Morgan fingerprint density at radius 2 is 1.76 bits per heavy atom. The lowest BCUT2D eigenvalue weighted by Gasteiger charge is -2.36. The van der Waals surface area contributed by atoms with Crippen molar-refractivity contribution in [2.45, 2.75) is 78.4 Å². The van der Waals surface area contributed by atoms with Crippen molar-refractivity contribution in [1.29, 1.82) is 0 Å². The Balaban J connectivity index is 4.29. The maximum Gasteiger partial charge on any atom is 0.191 e. The molecule has 0 aliphatic heterocycles. The number of hydrogen-bond donors (Lipinski definition) is 0. The molecule has 0 spiro atoms. The van der Waals surface area contributed by atoms with E-state index in [1.807, 2.05) is 26.0 Å². The van der Waals surface area contributed by atoms with Crippen molar-refractivity contribution in [3.05, 3.63) is 24.3 Å². The molecule has 3 heteroatoms. The van der Waals surface area contributed by atoms with Gasteiger partial charge in [-0.05, 0) is 57.2 Å². The van der Waals surface area contributed by atoms with Crippen LogP contribution in [0.2, 0.25) is 18.1 Å². The summed E-state index contributed by atoms with van der Waals surface area (Å²) < 4.78 is 11.8. The van der Waals surface area contributed by atoms with E-state index in [1.165, 1.54) is 0 Å². The molecule has 0 aromatic carbocycles. The Morgan fingerprint density at radius 3 is 2.36 bits per heavy atom. The normalized spacial score (nSPS) is 14.0. The van der Waals surface area contributed by atoms with Gasteiger partial charge in [0.2, 0.25) is 0 Å². The highest BCUT2D eigenvalue weighted by Crippen LogP contribution is 2.36. The van der Waals surface area contributed by atoms with Gasteiger partial charge >= 0.3 is 0 Å². The fourth-order valence-electron chi connectivity index (χ4n) is 2.16. The molecule has 0 fully saturated rings. The third-order valence-corrected chi connectivity index (χ3v) is 9.42. The molecule has 1 atom stereocenters. The van der Waals surface area contributed by atoms with E-state index in [1.54, 1.807) is 0 Å². The van der Waals surface area contributed by atoms with Crippen LogP contribution >= 0.6 is 0 Å². The van der Waals surface area contributed by atoms with E-state index >= 15 is 0 Å². The van der Waals surface area contributed by atoms with Gasteiger partial charge in [0.05, 0.1) is 13.2 Å². The number of rotatable bonds is 12. The fraction of sp³-hybridized carbons (Fsp3) is 0.727. The summed E-state index contributed by atoms with van der Waals surface area (Å²) in [5, 5.41) is 0.285. The number of allylic oxidation sites excluding steroid dienone is 2. The van der Waals surface area contributed by atoms with E-state index < -0.39 is 8.32 Å². The van der Waals surface area contributed by atoms with E-state index in [-0.39, 0.29) is 5.04 Å². The molecule has 0 N–H and O–H groups in total. The zero-order valence-corrected chi connectivity index (χ0v) is 18.7. The van der Waals surface area contributed by atoms with E-state index in [0.717, 1.165) is 32.3 Å². The standard InChI is InChI=1S/C22H40O2Si/c1-8-10-12-15-21(16-13-19-23-18-11-9-2)17-14-20-24-25(6,7)22(3,4)5/h9,11,13,16,21H,12,14-15,17-20H2,1-7H3/b11-9+,16-13+/t21-/m1/s1. The van der Waals surface area contributed by atoms with Crippen molar-refractivity contribution in [1.82, 2.24) is 0 Å². The lowest BCUT2D eigenvalue weighted by atomic mass is 9.97. The molecular formula is C22H40O2Si. The molecule has 144 valence electrons. The van der Waals surface area contributed by atoms with E-state index in [4.69, 9.17) is 9.16 Å². The topological polar surface area (TPSA) is 18.5 Å². The van der Waals surface area contributed by atoms with Gasteiger partial charge in [0.1, 0.15) is 0 Å². The Bertz CT molecular complexity index is 447. The van der Waals surface area contributed by atoms with Crippen LogP contribution < -0.4 is 0 Å². The molecule has 2 nitrogen and oxygen atoms in total. The second kappa shape index (κ2) is 13.4. The summed E-state index contributed by atoms with van der Waals surface area (Å²) in [7, 11) is -1.62. The van der Waals surface area contributed by atoms with Crippen LogP contribution in [0.5, 0.6) is 0 Å². The highest BCUT2D eigenvalue weighted by Gasteiger charge is 2.36. The van der Waals surface area contributed by atoms with E-state index in [0.29, 0.717) is 19.1 Å². The first-order chi connectivity index (χ1) is 11.7. The molecule has 0 heterocycles. The maximum atomic E-state index is 6.29. The second-order valence-electron chi connectivity index (χ2n) is 8.01. The number of ether oxygens (including phenoxy) is 1. The van der Waals surface area contributed by atoms with Gasteiger partial charge < -0.3 is 9.16 Å². The largest absolute Gasteiger partial charge is 0.417 e. The third-order valence-electron chi connectivity index (χ3n) is 4.88. The molecule has 25 heavy (non-hydrogen) atoms. The summed E-state index contributed by atoms with van der Waals surface area (Å²) in [5.41, 5.74) is 0. The van der Waals surface area contributed by atoms with Crippen molar-refractivity contribution < 1.29 is 9.16 Å². The van der Waals surface area contributed by atoms with Crippen LogP contribution in [0.25, 0.3) is 0 Å². The first kappa shape index (κ1) is 24.2. The van der Waals surface area contributed by atoms with Gasteiger partial charge in [0.15, 0.2) is 8.32 Å². The van der Waals surface area contributed by atoms with Crippen molar-refractivity contribution in [2.24, 2.45) is 5.92 Å². The highest BCUT2D eigenvalue weighted by molar-refractivity contribution is 6.74. The van der Waals surface area contributed by atoms with Gasteiger partial charge in [-0.1, -0.05) is 45.1 Å². The smallest absolute Gasteiger partial charge is 0.191 e. The zero-order chi connectivity index (χ0) is 19.2. The quantitative estimate of drug-likeness (QED) is 0.174. The Kier molecular flexibility index (Phi) is 12.9. The molecule has 0 saturated carbocycles. The summed E-state index contributed by atoms with van der Waals surface area (Å²) in [4.78, 5) is 0. The monoisotopic (exact) mass is 364 g/mol. The van der Waals surface area contributed by atoms with Crippen molar-refractivity contribution in [2.75, 3.05) is 19.8 Å². The molecule has 0 aliphatic carbocycles. The second-order valence-corrected chi connectivity index (χ2v) is 12.8. The van der Waals surface area contributed by atoms with E-state index in [2.05, 4.69) is 57.9 Å². The Labute approximate surface area is 158 Å². The lowest BCUT2D eigenvalue weighted by Crippen LogP contribution is -2.41. The fourth-order valence-corrected chi connectivity index (χ4v) is 3.24. The summed E-state index contributed by atoms with van der Waals surface area (Å²) >= 11 is 0. The first-order valence-corrected chi connectivity index (χ1v) is 12.5. The van der Waals surface area contributed by atoms with Gasteiger partial charge in [-0.2, -0.15) is 0 Å². The van der Waals surface area contributed by atoms with Gasteiger partial charge in [-0.25, -0.2) is 0 Å². The first-order valence-electron chi connectivity index (χ1n) is 9.63. The summed E-state index contributed by atoms with van der Waals surface area (Å²) in [6.45, 7) is 17.7. The summed E-state index contributed by atoms with van der Waals surface area (Å²) in [6, 6.07) is 0. The maximum absolute atomic E-state index is 6.29. The van der Waals surface area contributed by atoms with Gasteiger partial charge in [0, 0.05) is 13.0 Å². The SMILES string of the molecule is CC#CCC[C@H](/C=C/COC/C=C/C)CCCO[Si](C)(C)C(C)(C)C. The molecule has 0 bridgehead atoms. The van der Waals surface area contributed by atoms with E-state index in [9.17, 15) is 0 Å². The minimum absolute atomic E-state index is 0.285. The molecule has 0 aromatic rings. The van der Waals surface area contributed by atoms with Gasteiger partial charge in [-0.3, -0.25) is 0 Å². The minimum Gasteiger partial charge on any atom is -0.417 e. The van der Waals surface area contributed by atoms with Gasteiger partial charge in [-0.15, -0.1) is 11.8 Å². The predicted octanol–water partition coefficient (Wildman–Crippen LogP) is 6.36. The third kappa shape index (κ3) is 12.2. The van der Waals surface area contributed by atoms with Crippen LogP contribution in [-0.4, -0.2) is 28.1 Å². The van der Waals surface area contributed by atoms with Crippen molar-refractivity contribution >= 4 is 8.32 Å².